The van der Waals surface area contributed by atoms with Gasteiger partial charge in [-0.15, -0.1) is 0 Å². The van der Waals surface area contributed by atoms with E-state index in [0.29, 0.717) is 0 Å². The Morgan fingerprint density at radius 3 is 1.83 bits per heavy atom. The third-order valence-electron chi connectivity index (χ3n) is 9.27. The van der Waals surface area contributed by atoms with Crippen LogP contribution in [0.1, 0.15) is 22.4 Å². The van der Waals surface area contributed by atoms with E-state index >= 15 is 0 Å². The molecule has 5 heteroatoms. The molecule has 4 heterocycles. The molecule has 0 unspecified atom stereocenters. The molecule has 0 aliphatic carbocycles. The first-order chi connectivity index (χ1) is 22.8. The molecule has 2 bridgehead atoms. The summed E-state index contributed by atoms with van der Waals surface area (Å²) in [6.45, 7) is 0. The van der Waals surface area contributed by atoms with Gasteiger partial charge < -0.3 is 13.8 Å². The Bertz CT molecular complexity index is 2430. The Kier molecular flexibility index (Phi) is 5.34. The van der Waals surface area contributed by atoms with Gasteiger partial charge in [0.05, 0.1) is 17.1 Å². The van der Waals surface area contributed by atoms with Gasteiger partial charge in [0.2, 0.25) is 0 Å². The standard InChI is InChI=1S/C41H25BN2O2/c1-3-11-26(12-4-1)28-19-21-30-34(23-28)40-32-15-7-9-17-38(32)45-42-44-37(25-36(30)43-40)31-22-20-29(27-13-5-2-6-14-27)24-35(31)41(44)33-16-8-10-18-39(33)46-42/h1-25H. The van der Waals surface area contributed by atoms with Crippen molar-refractivity contribution in [3.63, 3.8) is 0 Å². The van der Waals surface area contributed by atoms with Gasteiger partial charge in [0, 0.05) is 38.7 Å². The van der Waals surface area contributed by atoms with E-state index < -0.39 is 7.25 Å². The van der Waals surface area contributed by atoms with Gasteiger partial charge in [0.1, 0.15) is 11.5 Å². The zero-order chi connectivity index (χ0) is 30.2. The summed E-state index contributed by atoms with van der Waals surface area (Å²) in [6, 6.07) is 50.8. The minimum absolute atomic E-state index is 0.716. The van der Waals surface area contributed by atoms with Gasteiger partial charge in [-0.05, 0) is 64.7 Å². The third kappa shape index (κ3) is 3.72. The average Bonchev–Trinajstić information content (AvgIpc) is 3.64. The lowest BCUT2D eigenvalue weighted by atomic mass is 9.93. The zero-order valence-corrected chi connectivity index (χ0v) is 24.7. The smallest absolute Gasteiger partial charge is 0.506 e. The molecule has 46 heavy (non-hydrogen) atoms. The molecule has 3 aliphatic heterocycles. The number of aromatic nitrogens is 1. The first-order valence-electron chi connectivity index (χ1n) is 15.6. The van der Waals surface area contributed by atoms with Gasteiger partial charge in [-0.2, -0.15) is 0 Å². The van der Waals surface area contributed by atoms with Crippen molar-refractivity contribution in [2.75, 3.05) is 0 Å². The third-order valence-corrected chi connectivity index (χ3v) is 9.27. The maximum atomic E-state index is 6.89. The topological polar surface area (TPSA) is 35.8 Å². The Balaban J connectivity index is 1.28. The molecular weight excluding hydrogens is 563 g/mol. The van der Waals surface area contributed by atoms with E-state index in [1.165, 1.54) is 11.1 Å². The SMILES string of the molecule is C1=C2N=C(c3ccccc3OB3Oc4ccccc4-c4c5cc(-c6ccccc6)ccc5c1n43)c1cc(-c3ccccc3)ccc12. The van der Waals surface area contributed by atoms with Crippen molar-refractivity contribution in [1.82, 2.24) is 4.48 Å². The lowest BCUT2D eigenvalue weighted by molar-refractivity contribution is 0.403. The van der Waals surface area contributed by atoms with Crippen LogP contribution in [0.4, 0.5) is 0 Å². The largest absolute Gasteiger partial charge is 0.743 e. The first-order valence-corrected chi connectivity index (χ1v) is 15.6. The number of para-hydroxylation sites is 2. The number of rotatable bonds is 2. The molecule has 0 amide bonds. The summed E-state index contributed by atoms with van der Waals surface area (Å²) in [5.74, 6) is 1.53. The van der Waals surface area contributed by atoms with Crippen LogP contribution in [-0.2, 0) is 0 Å². The van der Waals surface area contributed by atoms with Crippen LogP contribution < -0.4 is 9.31 Å². The second kappa shape index (κ2) is 9.72. The number of aliphatic imine (C=N–C) groups is 1. The molecule has 0 fully saturated rings. The van der Waals surface area contributed by atoms with Crippen LogP contribution in [0, 0.1) is 0 Å². The Labute approximate surface area is 266 Å². The number of fused-ring (bicyclic) bond motifs is 11. The van der Waals surface area contributed by atoms with Crippen LogP contribution in [0.3, 0.4) is 0 Å². The lowest BCUT2D eigenvalue weighted by Crippen LogP contribution is -2.42. The highest BCUT2D eigenvalue weighted by molar-refractivity contribution is 6.48. The minimum Gasteiger partial charge on any atom is -0.506 e. The molecule has 3 aliphatic rings. The van der Waals surface area contributed by atoms with E-state index in [9.17, 15) is 0 Å². The van der Waals surface area contributed by atoms with Crippen molar-refractivity contribution >= 4 is 35.5 Å². The molecule has 7 aromatic rings. The van der Waals surface area contributed by atoms with E-state index in [1.54, 1.807) is 0 Å². The van der Waals surface area contributed by atoms with Crippen LogP contribution >= 0.6 is 0 Å². The van der Waals surface area contributed by atoms with Crippen molar-refractivity contribution < 1.29 is 9.31 Å². The van der Waals surface area contributed by atoms with E-state index in [-0.39, 0.29) is 0 Å². The monoisotopic (exact) mass is 588 g/mol. The van der Waals surface area contributed by atoms with Gasteiger partial charge in [-0.3, -0.25) is 0 Å². The van der Waals surface area contributed by atoms with E-state index in [2.05, 4.69) is 120 Å². The van der Waals surface area contributed by atoms with E-state index in [1.807, 2.05) is 36.4 Å². The number of nitrogens with zero attached hydrogens (tertiary/aromatic N) is 2. The Hall–Kier alpha value is -6.07. The fraction of sp³-hybridized carbons (Fsp3) is 0. The Morgan fingerprint density at radius 1 is 0.478 bits per heavy atom. The highest BCUT2D eigenvalue weighted by Crippen LogP contribution is 2.46. The lowest BCUT2D eigenvalue weighted by Gasteiger charge is -2.27. The van der Waals surface area contributed by atoms with Crippen LogP contribution in [0.25, 0.3) is 56.1 Å². The fourth-order valence-corrected chi connectivity index (χ4v) is 7.13. The first kappa shape index (κ1) is 25.3. The number of benzene rings is 6. The molecule has 0 spiro atoms. The molecule has 0 N–H and O–H groups in total. The van der Waals surface area contributed by atoms with Crippen LogP contribution in [0.5, 0.6) is 11.5 Å². The van der Waals surface area contributed by atoms with E-state index in [0.717, 1.165) is 78.4 Å². The predicted octanol–water partition coefficient (Wildman–Crippen LogP) is 9.61. The summed E-state index contributed by atoms with van der Waals surface area (Å²) in [5, 5.41) is 2.27. The maximum Gasteiger partial charge on any atom is 0.743 e. The number of hydrogen-bond donors (Lipinski definition) is 0. The molecule has 0 saturated carbocycles. The van der Waals surface area contributed by atoms with Crippen LogP contribution in [0.2, 0.25) is 0 Å². The average molecular weight is 588 g/mol. The molecule has 214 valence electrons. The summed E-state index contributed by atoms with van der Waals surface area (Å²) in [7, 11) is -0.716. The molecule has 0 saturated heterocycles. The highest BCUT2D eigenvalue weighted by atomic mass is 16.6. The van der Waals surface area contributed by atoms with E-state index in [4.69, 9.17) is 14.3 Å². The normalized spacial score (nSPS) is 13.8. The van der Waals surface area contributed by atoms with Crippen molar-refractivity contribution in [3.8, 4) is 45.0 Å². The van der Waals surface area contributed by atoms with Crippen molar-refractivity contribution in [2.24, 2.45) is 4.99 Å². The summed E-state index contributed by atoms with van der Waals surface area (Å²) in [4.78, 5) is 5.33. The number of hydrogen-bond acceptors (Lipinski definition) is 3. The molecular formula is C41H25BN2O2. The molecule has 1 aromatic heterocycles. The van der Waals surface area contributed by atoms with Crippen LogP contribution in [0.15, 0.2) is 151 Å². The predicted molar refractivity (Wildman–Crippen MR) is 187 cm³/mol. The maximum absolute atomic E-state index is 6.89. The quantitative estimate of drug-likeness (QED) is 0.189. The summed E-state index contributed by atoms with van der Waals surface area (Å²) >= 11 is 0. The van der Waals surface area contributed by atoms with Gasteiger partial charge >= 0.3 is 7.25 Å². The second-order valence-corrected chi connectivity index (χ2v) is 11.9. The second-order valence-electron chi connectivity index (χ2n) is 11.9. The van der Waals surface area contributed by atoms with Gasteiger partial charge in [-0.25, -0.2) is 4.99 Å². The van der Waals surface area contributed by atoms with Crippen molar-refractivity contribution in [1.29, 1.82) is 0 Å². The molecule has 0 atom stereocenters. The minimum atomic E-state index is -0.716. The Morgan fingerprint density at radius 2 is 1.09 bits per heavy atom. The van der Waals surface area contributed by atoms with Gasteiger partial charge in [0.15, 0.2) is 0 Å². The molecule has 6 aromatic carbocycles. The highest BCUT2D eigenvalue weighted by Gasteiger charge is 2.41. The fourth-order valence-electron chi connectivity index (χ4n) is 7.13. The summed E-state index contributed by atoms with van der Waals surface area (Å²) in [5.41, 5.74) is 12.7. The molecule has 10 rings (SSSR count). The summed E-state index contributed by atoms with van der Waals surface area (Å²) < 4.78 is 15.8. The molecule has 0 radical (unpaired) electrons. The zero-order valence-electron chi connectivity index (χ0n) is 24.7. The summed E-state index contributed by atoms with van der Waals surface area (Å²) in [6.07, 6.45) is 2.21. The van der Waals surface area contributed by atoms with Gasteiger partial charge in [0.25, 0.3) is 0 Å². The van der Waals surface area contributed by atoms with Crippen molar-refractivity contribution in [3.05, 3.63) is 168 Å². The van der Waals surface area contributed by atoms with Crippen LogP contribution in [-0.4, -0.2) is 17.4 Å². The van der Waals surface area contributed by atoms with Crippen molar-refractivity contribution in [2.45, 2.75) is 0 Å². The molecule has 4 nitrogen and oxygen atoms in total. The van der Waals surface area contributed by atoms with Gasteiger partial charge in [-0.1, -0.05) is 109 Å².